The SMILES string of the molecule is CCN/N=C1\C(=N)c2ccnc(N)c2N(C)C1C. The minimum Gasteiger partial charge on any atom is -0.382 e. The van der Waals surface area contributed by atoms with Crippen LogP contribution in [-0.4, -0.2) is 36.0 Å². The second-order valence-corrected chi connectivity index (χ2v) is 4.26. The van der Waals surface area contributed by atoms with Crippen molar-refractivity contribution in [2.75, 3.05) is 24.2 Å². The molecule has 0 fully saturated rings. The Bertz CT molecular complexity index is 507. The lowest BCUT2D eigenvalue weighted by Gasteiger charge is -2.35. The predicted octanol–water partition coefficient (Wildman–Crippen LogP) is 0.835. The lowest BCUT2D eigenvalue weighted by Crippen LogP contribution is -2.46. The average molecular weight is 246 g/mol. The van der Waals surface area contributed by atoms with E-state index in [1.807, 2.05) is 25.8 Å². The van der Waals surface area contributed by atoms with E-state index in [0.717, 1.165) is 23.5 Å². The molecule has 0 saturated heterocycles. The van der Waals surface area contributed by atoms with Gasteiger partial charge in [0.2, 0.25) is 0 Å². The summed E-state index contributed by atoms with van der Waals surface area (Å²) in [6.07, 6.45) is 1.62. The van der Waals surface area contributed by atoms with E-state index in [-0.39, 0.29) is 6.04 Å². The molecule has 0 amide bonds. The Morgan fingerprint density at radius 2 is 2.33 bits per heavy atom. The van der Waals surface area contributed by atoms with Crippen molar-refractivity contribution in [2.24, 2.45) is 5.10 Å². The van der Waals surface area contributed by atoms with E-state index in [0.29, 0.717) is 11.5 Å². The van der Waals surface area contributed by atoms with Crippen LogP contribution in [0.1, 0.15) is 19.4 Å². The topological polar surface area (TPSA) is 90.4 Å². The molecule has 1 atom stereocenters. The molecule has 0 radical (unpaired) electrons. The molecule has 1 aliphatic heterocycles. The van der Waals surface area contributed by atoms with Crippen LogP contribution in [0.3, 0.4) is 0 Å². The highest BCUT2D eigenvalue weighted by molar-refractivity contribution is 6.51. The van der Waals surface area contributed by atoms with Gasteiger partial charge in [-0.3, -0.25) is 5.41 Å². The van der Waals surface area contributed by atoms with E-state index in [2.05, 4.69) is 15.5 Å². The number of pyridine rings is 1. The van der Waals surface area contributed by atoms with Crippen molar-refractivity contribution in [3.05, 3.63) is 17.8 Å². The molecule has 6 heteroatoms. The molecule has 0 spiro atoms. The van der Waals surface area contributed by atoms with Crippen molar-refractivity contribution in [2.45, 2.75) is 19.9 Å². The number of hydrogen-bond acceptors (Lipinski definition) is 6. The zero-order valence-electron chi connectivity index (χ0n) is 10.9. The molecule has 1 unspecified atom stereocenters. The molecule has 6 nitrogen and oxygen atoms in total. The van der Waals surface area contributed by atoms with Crippen LogP contribution in [-0.2, 0) is 0 Å². The second kappa shape index (κ2) is 4.64. The number of aromatic nitrogens is 1. The second-order valence-electron chi connectivity index (χ2n) is 4.26. The van der Waals surface area contributed by atoms with E-state index in [1.54, 1.807) is 12.3 Å². The summed E-state index contributed by atoms with van der Waals surface area (Å²) in [6.45, 7) is 4.71. The Morgan fingerprint density at radius 1 is 1.61 bits per heavy atom. The maximum absolute atomic E-state index is 8.24. The van der Waals surface area contributed by atoms with Gasteiger partial charge in [0.15, 0.2) is 0 Å². The van der Waals surface area contributed by atoms with Gasteiger partial charge in [-0.15, -0.1) is 0 Å². The van der Waals surface area contributed by atoms with Crippen LogP contribution in [0.5, 0.6) is 0 Å². The fourth-order valence-electron chi connectivity index (χ4n) is 2.08. The summed E-state index contributed by atoms with van der Waals surface area (Å²) in [5.74, 6) is 0.453. The summed E-state index contributed by atoms with van der Waals surface area (Å²) in [5, 5.41) is 12.5. The van der Waals surface area contributed by atoms with E-state index in [1.165, 1.54) is 0 Å². The van der Waals surface area contributed by atoms with Gasteiger partial charge < -0.3 is 16.1 Å². The van der Waals surface area contributed by atoms with Crippen molar-refractivity contribution in [1.82, 2.24) is 10.4 Å². The van der Waals surface area contributed by atoms with Gasteiger partial charge in [-0.1, -0.05) is 0 Å². The first-order valence-electron chi connectivity index (χ1n) is 5.95. The molecule has 2 rings (SSSR count). The van der Waals surface area contributed by atoms with Gasteiger partial charge in [0.05, 0.1) is 17.4 Å². The van der Waals surface area contributed by atoms with E-state index in [4.69, 9.17) is 11.1 Å². The number of anilines is 2. The molecule has 1 aliphatic rings. The molecule has 0 aliphatic carbocycles. The number of nitrogens with one attached hydrogen (secondary N) is 2. The van der Waals surface area contributed by atoms with Gasteiger partial charge in [0.25, 0.3) is 0 Å². The van der Waals surface area contributed by atoms with Gasteiger partial charge in [0, 0.05) is 25.4 Å². The number of rotatable bonds is 2. The minimum absolute atomic E-state index is 0.00412. The maximum atomic E-state index is 8.24. The Kier molecular flexibility index (Phi) is 3.18. The molecule has 96 valence electrons. The first-order chi connectivity index (χ1) is 8.57. The fraction of sp³-hybridized carbons (Fsp3) is 0.417. The van der Waals surface area contributed by atoms with Crippen molar-refractivity contribution < 1.29 is 0 Å². The quantitative estimate of drug-likeness (QED) is 0.674. The van der Waals surface area contributed by atoms with Crippen LogP contribution < -0.4 is 16.1 Å². The third kappa shape index (κ3) is 1.79. The highest BCUT2D eigenvalue weighted by atomic mass is 15.3. The average Bonchev–Trinajstić information content (AvgIpc) is 2.36. The normalized spacial score (nSPS) is 21.1. The standard InChI is InChI=1S/C12H18N6/c1-4-16-17-10-7(2)18(3)11-8(9(10)13)5-6-15-12(11)14/h5-7,13,16H,4H2,1-3H3,(H2,14,15)/b13-9?,17-10-. The zero-order valence-corrected chi connectivity index (χ0v) is 10.9. The van der Waals surface area contributed by atoms with Gasteiger partial charge >= 0.3 is 0 Å². The minimum atomic E-state index is -0.00412. The first kappa shape index (κ1) is 12.3. The first-order valence-corrected chi connectivity index (χ1v) is 5.95. The lowest BCUT2D eigenvalue weighted by atomic mass is 9.94. The van der Waals surface area contributed by atoms with E-state index < -0.39 is 0 Å². The highest BCUT2D eigenvalue weighted by Gasteiger charge is 2.32. The van der Waals surface area contributed by atoms with Crippen LogP contribution in [0, 0.1) is 5.41 Å². The van der Waals surface area contributed by atoms with E-state index in [9.17, 15) is 0 Å². The molecule has 18 heavy (non-hydrogen) atoms. The maximum Gasteiger partial charge on any atom is 0.147 e. The van der Waals surface area contributed by atoms with Crippen LogP contribution in [0.15, 0.2) is 17.4 Å². The molecule has 1 aromatic heterocycles. The fourth-order valence-corrected chi connectivity index (χ4v) is 2.08. The van der Waals surface area contributed by atoms with Crippen molar-refractivity contribution in [3.63, 3.8) is 0 Å². The van der Waals surface area contributed by atoms with Gasteiger partial charge in [-0.05, 0) is 19.9 Å². The third-order valence-corrected chi connectivity index (χ3v) is 3.17. The molecular formula is C12H18N6. The Balaban J connectivity index is 2.54. The van der Waals surface area contributed by atoms with Gasteiger partial charge in [0.1, 0.15) is 11.5 Å². The number of nitrogens with two attached hydrogens (primary N) is 1. The molecule has 1 aromatic rings. The lowest BCUT2D eigenvalue weighted by molar-refractivity contribution is 0.762. The number of hydrazone groups is 1. The van der Waals surface area contributed by atoms with Gasteiger partial charge in [-0.2, -0.15) is 5.10 Å². The summed E-state index contributed by atoms with van der Waals surface area (Å²) in [4.78, 5) is 6.09. The molecular weight excluding hydrogens is 228 g/mol. The monoisotopic (exact) mass is 246 g/mol. The molecule has 0 bridgehead atoms. The number of nitrogens with zero attached hydrogens (tertiary/aromatic N) is 3. The van der Waals surface area contributed by atoms with Crippen LogP contribution in [0.25, 0.3) is 0 Å². The Labute approximate surface area is 106 Å². The zero-order chi connectivity index (χ0) is 13.3. The van der Waals surface area contributed by atoms with Crippen LogP contribution in [0.2, 0.25) is 0 Å². The van der Waals surface area contributed by atoms with E-state index >= 15 is 0 Å². The molecule has 4 N–H and O–H groups in total. The van der Waals surface area contributed by atoms with Crippen molar-refractivity contribution in [3.8, 4) is 0 Å². The Hall–Kier alpha value is -2.11. The summed E-state index contributed by atoms with van der Waals surface area (Å²) < 4.78 is 0. The summed E-state index contributed by atoms with van der Waals surface area (Å²) >= 11 is 0. The molecule has 2 heterocycles. The number of fused-ring (bicyclic) bond motifs is 1. The van der Waals surface area contributed by atoms with Crippen molar-refractivity contribution in [1.29, 1.82) is 5.41 Å². The third-order valence-electron chi connectivity index (χ3n) is 3.17. The van der Waals surface area contributed by atoms with Crippen molar-refractivity contribution >= 4 is 22.9 Å². The largest absolute Gasteiger partial charge is 0.382 e. The van der Waals surface area contributed by atoms with Crippen LogP contribution in [0.4, 0.5) is 11.5 Å². The molecule has 0 saturated carbocycles. The summed E-state index contributed by atoms with van der Waals surface area (Å²) in [6, 6.07) is 1.80. The van der Waals surface area contributed by atoms with Gasteiger partial charge in [-0.25, -0.2) is 4.98 Å². The summed E-state index contributed by atoms with van der Waals surface area (Å²) in [5.41, 5.74) is 11.5. The van der Waals surface area contributed by atoms with Crippen LogP contribution >= 0.6 is 0 Å². The number of nitrogen functional groups attached to an aromatic ring is 1. The highest BCUT2D eigenvalue weighted by Crippen LogP contribution is 2.31. The predicted molar refractivity (Wildman–Crippen MR) is 74.5 cm³/mol. The number of hydrogen-bond donors (Lipinski definition) is 3. The Morgan fingerprint density at radius 3 is 3.00 bits per heavy atom. The summed E-state index contributed by atoms with van der Waals surface area (Å²) in [7, 11) is 1.94. The molecule has 0 aromatic carbocycles. The smallest absolute Gasteiger partial charge is 0.147 e.